The molecule has 4 rings (SSSR count). The molecule has 5 nitrogen and oxygen atoms in total. The molecule has 1 aliphatic rings. The summed E-state index contributed by atoms with van der Waals surface area (Å²) in [6.45, 7) is 4.32. The van der Waals surface area contributed by atoms with Crippen LogP contribution in [0.25, 0.3) is 10.1 Å². The van der Waals surface area contributed by atoms with Crippen LogP contribution in [0, 0.1) is 6.92 Å². The van der Waals surface area contributed by atoms with Crippen molar-refractivity contribution in [2.45, 2.75) is 45.2 Å². The van der Waals surface area contributed by atoms with Gasteiger partial charge in [-0.2, -0.15) is 0 Å². The van der Waals surface area contributed by atoms with Crippen LogP contribution in [0.15, 0.2) is 30.5 Å². The van der Waals surface area contributed by atoms with Gasteiger partial charge in [-0.15, -0.1) is 22.7 Å². The lowest BCUT2D eigenvalue weighted by molar-refractivity contribution is 0.0946. The molecule has 2 aromatic heterocycles. The van der Waals surface area contributed by atoms with Crippen LogP contribution in [-0.4, -0.2) is 46.6 Å². The highest BCUT2D eigenvalue weighted by Crippen LogP contribution is 2.34. The van der Waals surface area contributed by atoms with Gasteiger partial charge in [-0.25, -0.2) is 4.98 Å². The maximum absolute atomic E-state index is 12.8. The number of carbonyl (C=O) groups is 1. The molecular weight excluding hydrogens is 402 g/mol. The van der Waals surface area contributed by atoms with Gasteiger partial charge >= 0.3 is 0 Å². The van der Waals surface area contributed by atoms with Crippen LogP contribution < -0.4 is 5.32 Å². The van der Waals surface area contributed by atoms with Crippen LogP contribution in [0.3, 0.4) is 0 Å². The molecule has 29 heavy (non-hydrogen) atoms. The number of aliphatic hydroxyl groups is 1. The first-order valence-corrected chi connectivity index (χ1v) is 11.8. The second-order valence-electron chi connectivity index (χ2n) is 7.56. The number of hydrogen-bond donors (Lipinski definition) is 2. The van der Waals surface area contributed by atoms with E-state index in [1.54, 1.807) is 22.7 Å². The van der Waals surface area contributed by atoms with Gasteiger partial charge in [0.25, 0.3) is 5.91 Å². The van der Waals surface area contributed by atoms with Crippen LogP contribution in [0.5, 0.6) is 0 Å². The van der Waals surface area contributed by atoms with E-state index >= 15 is 0 Å². The first-order chi connectivity index (χ1) is 14.2. The van der Waals surface area contributed by atoms with Gasteiger partial charge in [0.2, 0.25) is 0 Å². The molecule has 1 aromatic carbocycles. The van der Waals surface area contributed by atoms with Crippen molar-refractivity contribution in [3.05, 3.63) is 50.8 Å². The summed E-state index contributed by atoms with van der Waals surface area (Å²) in [5, 5.41) is 14.2. The largest absolute Gasteiger partial charge is 0.395 e. The van der Waals surface area contributed by atoms with Gasteiger partial charge in [-0.05, 0) is 49.7 Å². The topological polar surface area (TPSA) is 65.5 Å². The van der Waals surface area contributed by atoms with E-state index in [-0.39, 0.29) is 19.1 Å². The summed E-state index contributed by atoms with van der Waals surface area (Å²) in [4.78, 5) is 21.9. The first-order valence-electron chi connectivity index (χ1n) is 10.2. The van der Waals surface area contributed by atoms with Gasteiger partial charge < -0.3 is 10.4 Å². The van der Waals surface area contributed by atoms with Gasteiger partial charge in [0.05, 0.1) is 16.5 Å². The lowest BCUT2D eigenvalue weighted by Crippen LogP contribution is -2.40. The molecule has 0 bridgehead atoms. The third-order valence-electron chi connectivity index (χ3n) is 5.52. The fraction of sp³-hybridized carbons (Fsp3) is 0.455. The van der Waals surface area contributed by atoms with Crippen molar-refractivity contribution in [3.63, 3.8) is 0 Å². The van der Waals surface area contributed by atoms with E-state index in [4.69, 9.17) is 5.11 Å². The first kappa shape index (κ1) is 20.5. The smallest absolute Gasteiger partial charge is 0.261 e. The Morgan fingerprint density at radius 2 is 2.17 bits per heavy atom. The minimum Gasteiger partial charge on any atom is -0.395 e. The summed E-state index contributed by atoms with van der Waals surface area (Å²) in [6.07, 6.45) is 6.49. The van der Waals surface area contributed by atoms with Crippen LogP contribution >= 0.6 is 22.7 Å². The van der Waals surface area contributed by atoms with Gasteiger partial charge in [0, 0.05) is 34.9 Å². The number of aromatic nitrogens is 1. The van der Waals surface area contributed by atoms with E-state index in [0.29, 0.717) is 6.04 Å². The van der Waals surface area contributed by atoms with E-state index in [1.807, 2.05) is 18.3 Å². The Bertz CT molecular complexity index is 982. The number of likely N-dealkylation sites (tertiary alicyclic amines) is 1. The average molecular weight is 430 g/mol. The van der Waals surface area contributed by atoms with Crippen LogP contribution in [0.2, 0.25) is 0 Å². The normalized spacial score (nSPS) is 17.7. The third kappa shape index (κ3) is 4.69. The van der Waals surface area contributed by atoms with E-state index in [0.717, 1.165) is 46.1 Å². The lowest BCUT2D eigenvalue weighted by Gasteiger charge is -2.35. The molecular formula is C22H27N3O2S2. The van der Waals surface area contributed by atoms with Gasteiger partial charge in [0.15, 0.2) is 0 Å². The number of piperidine rings is 1. The third-order valence-corrected chi connectivity index (χ3v) is 7.63. The molecule has 1 saturated heterocycles. The quantitative estimate of drug-likeness (QED) is 0.596. The number of benzene rings is 1. The highest BCUT2D eigenvalue weighted by Gasteiger charge is 2.27. The number of aliphatic hydroxyl groups excluding tert-OH is 1. The summed E-state index contributed by atoms with van der Waals surface area (Å²) < 4.78 is 1.15. The number of amides is 1. The van der Waals surface area contributed by atoms with Gasteiger partial charge in [-0.3, -0.25) is 9.69 Å². The van der Waals surface area contributed by atoms with E-state index in [9.17, 15) is 4.79 Å². The molecule has 1 fully saturated rings. The minimum absolute atomic E-state index is 0.0450. The van der Waals surface area contributed by atoms with Crippen molar-refractivity contribution in [2.75, 3.05) is 19.7 Å². The number of thiophene rings is 1. The number of fused-ring (bicyclic) bond motifs is 1. The zero-order valence-corrected chi connectivity index (χ0v) is 18.3. The molecule has 0 unspecified atom stereocenters. The Morgan fingerprint density at radius 1 is 1.31 bits per heavy atom. The fourth-order valence-electron chi connectivity index (χ4n) is 4.15. The van der Waals surface area contributed by atoms with Crippen molar-refractivity contribution in [3.8, 4) is 0 Å². The number of nitrogens with zero attached hydrogens (tertiary/aromatic N) is 2. The molecule has 1 atom stereocenters. The van der Waals surface area contributed by atoms with E-state index in [2.05, 4.69) is 34.3 Å². The van der Waals surface area contributed by atoms with Gasteiger partial charge in [0.1, 0.15) is 0 Å². The Kier molecular flexibility index (Phi) is 6.60. The highest BCUT2D eigenvalue weighted by atomic mass is 32.1. The molecule has 3 heterocycles. The zero-order valence-electron chi connectivity index (χ0n) is 16.7. The summed E-state index contributed by atoms with van der Waals surface area (Å²) in [5.74, 6) is -0.0734. The van der Waals surface area contributed by atoms with Crippen molar-refractivity contribution < 1.29 is 9.90 Å². The number of carbonyl (C=O) groups excluding carboxylic acids is 1. The van der Waals surface area contributed by atoms with Crippen LogP contribution in [0.4, 0.5) is 0 Å². The summed E-state index contributed by atoms with van der Waals surface area (Å²) in [6, 6.07) is 8.71. The zero-order chi connectivity index (χ0) is 20.2. The standard InChI is InChI=1S/C22H27N3O2S2/c1-15-24-13-17(28-15)14-25-10-5-4-6-16(25)12-19-18-7-2-3-8-20(18)29-21(19)22(27)23-9-11-26/h2-3,7-8,13,16,26H,4-6,9-12,14H2,1H3,(H,23,27)/t16-/m0/s1. The Labute approximate surface area is 179 Å². The van der Waals surface area contributed by atoms with Crippen molar-refractivity contribution in [1.82, 2.24) is 15.2 Å². The molecule has 0 saturated carbocycles. The van der Waals surface area contributed by atoms with Crippen molar-refractivity contribution in [2.24, 2.45) is 0 Å². The number of rotatable bonds is 7. The van der Waals surface area contributed by atoms with Crippen molar-refractivity contribution in [1.29, 1.82) is 0 Å². The van der Waals surface area contributed by atoms with E-state index < -0.39 is 0 Å². The van der Waals surface area contributed by atoms with Crippen molar-refractivity contribution >= 4 is 38.7 Å². The molecule has 0 radical (unpaired) electrons. The second-order valence-corrected chi connectivity index (χ2v) is 9.93. The Hall–Kier alpha value is -1.80. The summed E-state index contributed by atoms with van der Waals surface area (Å²) in [7, 11) is 0. The van der Waals surface area contributed by atoms with Gasteiger partial charge in [-0.1, -0.05) is 24.6 Å². The fourth-order valence-corrected chi connectivity index (χ4v) is 6.12. The Balaban J connectivity index is 1.61. The molecule has 3 aromatic rings. The lowest BCUT2D eigenvalue weighted by atomic mass is 9.94. The number of thiazole rings is 1. The number of aryl methyl sites for hydroxylation is 1. The molecule has 0 aliphatic carbocycles. The minimum atomic E-state index is -0.0734. The van der Waals surface area contributed by atoms with Crippen LogP contribution in [-0.2, 0) is 13.0 Å². The number of hydrogen-bond acceptors (Lipinski definition) is 6. The predicted octanol–water partition coefficient (Wildman–Crippen LogP) is 3.99. The molecule has 154 valence electrons. The SMILES string of the molecule is Cc1ncc(CN2CCCC[C@H]2Cc2c(C(=O)NCCO)sc3ccccc23)s1. The Morgan fingerprint density at radius 3 is 2.97 bits per heavy atom. The second kappa shape index (κ2) is 9.34. The maximum Gasteiger partial charge on any atom is 0.261 e. The monoisotopic (exact) mass is 429 g/mol. The maximum atomic E-state index is 12.8. The summed E-state index contributed by atoms with van der Waals surface area (Å²) in [5.41, 5.74) is 1.15. The number of nitrogens with one attached hydrogen (secondary N) is 1. The molecule has 0 spiro atoms. The van der Waals surface area contributed by atoms with E-state index in [1.165, 1.54) is 23.1 Å². The predicted molar refractivity (Wildman–Crippen MR) is 120 cm³/mol. The molecule has 1 amide bonds. The highest BCUT2D eigenvalue weighted by molar-refractivity contribution is 7.21. The molecule has 7 heteroatoms. The average Bonchev–Trinajstić information content (AvgIpc) is 3.31. The summed E-state index contributed by atoms with van der Waals surface area (Å²) >= 11 is 3.33. The molecule has 2 N–H and O–H groups in total. The van der Waals surface area contributed by atoms with Crippen LogP contribution in [0.1, 0.15) is 44.4 Å². The molecule has 1 aliphatic heterocycles.